The Balaban J connectivity index is 1.73. The minimum absolute atomic E-state index is 0.0194. The third kappa shape index (κ3) is 3.77. The number of fused-ring (bicyclic) bond motifs is 8. The van der Waals surface area contributed by atoms with Gasteiger partial charge in [0, 0.05) is 20.9 Å². The second-order valence-corrected chi connectivity index (χ2v) is 14.4. The van der Waals surface area contributed by atoms with E-state index in [0.717, 1.165) is 38.5 Å². The molecule has 41 heavy (non-hydrogen) atoms. The molecule has 8 heteroatoms. The van der Waals surface area contributed by atoms with E-state index in [1.165, 1.54) is 23.5 Å². The summed E-state index contributed by atoms with van der Waals surface area (Å²) in [5, 5.41) is 0. The number of unbranched alkanes of at least 4 members (excludes halogenated alkanes) is 6. The highest BCUT2D eigenvalue weighted by Crippen LogP contribution is 2.79. The van der Waals surface area contributed by atoms with Crippen LogP contribution in [-0.2, 0) is 0 Å². The van der Waals surface area contributed by atoms with Gasteiger partial charge in [0.05, 0.1) is 9.49 Å². The largest absolute Gasteiger partial charge is 0.380 e. The zero-order chi connectivity index (χ0) is 29.3. The van der Waals surface area contributed by atoms with Crippen LogP contribution in [-0.4, -0.2) is 27.3 Å². The van der Waals surface area contributed by atoms with E-state index < -0.39 is 38.4 Å². The minimum Gasteiger partial charge on any atom is -0.194 e. The molecule has 0 bridgehead atoms. The average molecular weight is 609 g/mol. The lowest BCUT2D eigenvalue weighted by molar-refractivity contribution is -0.257. The van der Waals surface area contributed by atoms with Gasteiger partial charge in [-0.3, -0.25) is 0 Å². The summed E-state index contributed by atoms with van der Waals surface area (Å²) in [6.45, 7) is 4.17. The highest BCUT2D eigenvalue weighted by atomic mass is 32.2. The van der Waals surface area contributed by atoms with Crippen molar-refractivity contribution in [3.05, 3.63) is 70.8 Å². The van der Waals surface area contributed by atoms with Gasteiger partial charge in [-0.15, -0.1) is 23.5 Å². The molecule has 0 aromatic heterocycles. The van der Waals surface area contributed by atoms with E-state index in [1.807, 2.05) is 12.1 Å². The fourth-order valence-electron chi connectivity index (χ4n) is 7.43. The van der Waals surface area contributed by atoms with Crippen LogP contribution in [0, 0.1) is 0 Å². The molecule has 0 N–H and O–H groups in total. The third-order valence-corrected chi connectivity index (χ3v) is 12.8. The zero-order valence-electron chi connectivity index (χ0n) is 23.3. The maximum Gasteiger partial charge on any atom is 0.380 e. The Hall–Kier alpha value is -1.80. The molecule has 6 rings (SSSR count). The summed E-state index contributed by atoms with van der Waals surface area (Å²) in [6, 6.07) is 13.9. The first-order chi connectivity index (χ1) is 19.5. The molecular formula is C33H34F6S2. The molecule has 2 aromatic rings. The van der Waals surface area contributed by atoms with Crippen molar-refractivity contribution in [1.82, 2.24) is 0 Å². The van der Waals surface area contributed by atoms with Gasteiger partial charge in [-0.05, 0) is 47.2 Å². The van der Waals surface area contributed by atoms with Gasteiger partial charge in [0.15, 0.2) is 0 Å². The lowest BCUT2D eigenvalue weighted by atomic mass is 9.64. The number of alkyl halides is 6. The van der Waals surface area contributed by atoms with Crippen LogP contribution in [0.4, 0.5) is 26.3 Å². The van der Waals surface area contributed by atoms with E-state index in [9.17, 15) is 0 Å². The molecule has 2 aliphatic heterocycles. The summed E-state index contributed by atoms with van der Waals surface area (Å²) in [6.07, 6.45) is 7.86. The van der Waals surface area contributed by atoms with Crippen molar-refractivity contribution >= 4 is 34.7 Å². The van der Waals surface area contributed by atoms with Crippen LogP contribution in [0.2, 0.25) is 0 Å². The van der Waals surface area contributed by atoms with Gasteiger partial charge in [0.2, 0.25) is 0 Å². The fourth-order valence-corrected chi connectivity index (χ4v) is 11.1. The SMILES string of the molecule is CCCCCCC12Sc3ccccc3C1=C1C(=C3c4ccccc4SC32CCCCCC)C(F)(F)C(F)(F)C1(F)F. The first kappa shape index (κ1) is 29.3. The number of hydrogen-bond acceptors (Lipinski definition) is 2. The highest BCUT2D eigenvalue weighted by molar-refractivity contribution is 8.06. The number of benzene rings is 2. The maximum absolute atomic E-state index is 16.1. The van der Waals surface area contributed by atoms with Gasteiger partial charge in [0.25, 0.3) is 0 Å². The molecule has 0 radical (unpaired) electrons. The fraction of sp³-hybridized carbons (Fsp3) is 0.515. The molecule has 2 atom stereocenters. The van der Waals surface area contributed by atoms with Crippen molar-refractivity contribution in [2.75, 3.05) is 0 Å². The Morgan fingerprint density at radius 1 is 0.512 bits per heavy atom. The van der Waals surface area contributed by atoms with Gasteiger partial charge < -0.3 is 0 Å². The van der Waals surface area contributed by atoms with Crippen LogP contribution in [0.5, 0.6) is 0 Å². The second kappa shape index (κ2) is 10.1. The molecule has 1 fully saturated rings. The van der Waals surface area contributed by atoms with Crippen molar-refractivity contribution in [3.63, 3.8) is 0 Å². The quantitative estimate of drug-likeness (QED) is 0.194. The molecule has 0 nitrogen and oxygen atoms in total. The van der Waals surface area contributed by atoms with Crippen LogP contribution in [0.3, 0.4) is 0 Å². The Kier molecular flexibility index (Phi) is 7.24. The summed E-state index contributed by atoms with van der Waals surface area (Å²) < 4.78 is 93.0. The second-order valence-electron chi connectivity index (χ2n) is 11.7. The number of rotatable bonds is 10. The van der Waals surface area contributed by atoms with Crippen LogP contribution in [0.1, 0.15) is 89.2 Å². The smallest absolute Gasteiger partial charge is 0.194 e. The van der Waals surface area contributed by atoms with E-state index in [0.29, 0.717) is 46.6 Å². The Labute approximate surface area is 246 Å². The number of hydrogen-bond donors (Lipinski definition) is 0. The molecule has 4 aliphatic rings. The first-order valence-electron chi connectivity index (χ1n) is 14.7. The summed E-state index contributed by atoms with van der Waals surface area (Å²) in [5.74, 6) is -15.6. The Morgan fingerprint density at radius 3 is 1.29 bits per heavy atom. The Morgan fingerprint density at radius 2 is 0.902 bits per heavy atom. The highest BCUT2D eigenvalue weighted by Gasteiger charge is 2.85. The van der Waals surface area contributed by atoms with Gasteiger partial charge in [0.1, 0.15) is 0 Å². The van der Waals surface area contributed by atoms with Crippen molar-refractivity contribution in [3.8, 4) is 0 Å². The lowest BCUT2D eigenvalue weighted by Gasteiger charge is -2.51. The lowest BCUT2D eigenvalue weighted by Crippen LogP contribution is -2.51. The number of halogens is 6. The standard InChI is InChI=1S/C33H34F6S2/c1-3-5-7-13-19-29-25(21-15-9-11-17-23(21)40-29)27-28(32(36,37)33(38,39)31(27,34)35)26-22-16-10-12-18-24(22)41-30(26,29)20-14-8-6-4-2/h9-12,15-18H,3-8,13-14,19-20H2,1-2H3. The predicted molar refractivity (Wildman–Crippen MR) is 156 cm³/mol. The van der Waals surface area contributed by atoms with E-state index in [-0.39, 0.29) is 11.1 Å². The van der Waals surface area contributed by atoms with Crippen LogP contribution in [0.25, 0.3) is 11.1 Å². The predicted octanol–water partition coefficient (Wildman–Crippen LogP) is 11.5. The van der Waals surface area contributed by atoms with E-state index in [4.69, 9.17) is 0 Å². The molecule has 0 amide bonds. The summed E-state index contributed by atoms with van der Waals surface area (Å²) in [7, 11) is 0. The Bertz CT molecular complexity index is 1320. The monoisotopic (exact) mass is 608 g/mol. The van der Waals surface area contributed by atoms with Gasteiger partial charge in [-0.1, -0.05) is 102 Å². The molecule has 0 spiro atoms. The molecule has 220 valence electrons. The summed E-state index contributed by atoms with van der Waals surface area (Å²) in [4.78, 5) is 1.40. The number of allylic oxidation sites excluding steroid dienone is 2. The zero-order valence-corrected chi connectivity index (χ0v) is 24.9. The number of thioether (sulfide) groups is 2. The van der Waals surface area contributed by atoms with Crippen LogP contribution < -0.4 is 0 Å². The van der Waals surface area contributed by atoms with Crippen molar-refractivity contribution in [2.24, 2.45) is 0 Å². The maximum atomic E-state index is 16.1. The van der Waals surface area contributed by atoms with Gasteiger partial charge in [-0.25, -0.2) is 0 Å². The van der Waals surface area contributed by atoms with Gasteiger partial charge in [-0.2, -0.15) is 26.3 Å². The van der Waals surface area contributed by atoms with Crippen LogP contribution >= 0.6 is 23.5 Å². The summed E-state index contributed by atoms with van der Waals surface area (Å²) >= 11 is 2.90. The molecule has 2 heterocycles. The van der Waals surface area contributed by atoms with E-state index in [2.05, 4.69) is 13.8 Å². The molecule has 0 saturated heterocycles. The normalized spacial score (nSPS) is 27.9. The van der Waals surface area contributed by atoms with Gasteiger partial charge >= 0.3 is 17.8 Å². The third-order valence-electron chi connectivity index (χ3n) is 9.27. The van der Waals surface area contributed by atoms with Crippen molar-refractivity contribution < 1.29 is 26.3 Å². The van der Waals surface area contributed by atoms with E-state index >= 15 is 26.3 Å². The van der Waals surface area contributed by atoms with E-state index in [1.54, 1.807) is 36.4 Å². The first-order valence-corrected chi connectivity index (χ1v) is 16.4. The minimum atomic E-state index is -5.54. The topological polar surface area (TPSA) is 0 Å². The van der Waals surface area contributed by atoms with Crippen LogP contribution in [0.15, 0.2) is 69.5 Å². The molecule has 2 unspecified atom stereocenters. The average Bonchev–Trinajstić information content (AvgIpc) is 3.49. The van der Waals surface area contributed by atoms with Crippen molar-refractivity contribution in [2.45, 2.75) is 115 Å². The molecular weight excluding hydrogens is 574 g/mol. The molecule has 2 aliphatic carbocycles. The molecule has 1 saturated carbocycles. The van der Waals surface area contributed by atoms with Crippen molar-refractivity contribution in [1.29, 1.82) is 0 Å². The summed E-state index contributed by atoms with van der Waals surface area (Å²) in [5.41, 5.74) is -1.42. The molecule has 2 aromatic carbocycles.